The molecule has 0 aromatic heterocycles. The summed E-state index contributed by atoms with van der Waals surface area (Å²) >= 11 is 0. The van der Waals surface area contributed by atoms with Gasteiger partial charge < -0.3 is 80.9 Å². The van der Waals surface area contributed by atoms with Crippen LogP contribution in [0.4, 0.5) is 22.7 Å². The van der Waals surface area contributed by atoms with Gasteiger partial charge in [-0.1, -0.05) is 259 Å². The second-order valence-electron chi connectivity index (χ2n) is 33.8. The maximum atomic E-state index is 13.8. The number of hydrogen-bond donors (Lipinski definition) is 12. The van der Waals surface area contributed by atoms with Crippen LogP contribution in [0.25, 0.3) is 0 Å². The third kappa shape index (κ3) is 21.7. The number of carboxylic acid groups (broad SMARTS) is 4. The molecular formula is C92H140N4O16. The van der Waals surface area contributed by atoms with Gasteiger partial charge in [0.1, 0.15) is 92.9 Å². The topological polar surface area (TPSA) is 324 Å². The molecule has 8 bridgehead atoms. The molecule has 4 aromatic rings. The minimum Gasteiger partial charge on any atom is -0.505 e. The third-order valence-electron chi connectivity index (χ3n) is 25.9. The minimum atomic E-state index is -1.22. The largest absolute Gasteiger partial charge is 0.505 e. The van der Waals surface area contributed by atoms with Crippen LogP contribution in [0.2, 0.25) is 0 Å². The highest BCUT2D eigenvalue weighted by atomic mass is 16.4. The van der Waals surface area contributed by atoms with Crippen LogP contribution in [0.15, 0.2) is 24.3 Å². The Morgan fingerprint density at radius 1 is 0.250 bits per heavy atom. The van der Waals surface area contributed by atoms with Gasteiger partial charge in [0.2, 0.25) is 0 Å². The second-order valence-corrected chi connectivity index (χ2v) is 33.8. The van der Waals surface area contributed by atoms with Crippen molar-refractivity contribution in [3.8, 4) is 46.0 Å². The van der Waals surface area contributed by atoms with E-state index in [9.17, 15) is 80.5 Å². The monoisotopic (exact) mass is 1560 g/mol. The molecule has 4 heterocycles. The van der Waals surface area contributed by atoms with E-state index in [2.05, 4.69) is 27.7 Å². The number of nitrogens with zero attached hydrogens (tertiary/aromatic N) is 4. The molecule has 0 amide bonds. The quantitative estimate of drug-likeness (QED) is 0.0183. The summed E-state index contributed by atoms with van der Waals surface area (Å²) in [6.45, 7) is 9.19. The van der Waals surface area contributed by atoms with E-state index in [0.717, 1.165) is 180 Å². The molecule has 0 saturated carbocycles. The molecule has 0 radical (unpaired) electrons. The number of anilines is 4. The Bertz CT molecular complexity index is 3110. The predicted octanol–water partition coefficient (Wildman–Crippen LogP) is 22.1. The van der Waals surface area contributed by atoms with Crippen LogP contribution in [0.1, 0.15) is 404 Å². The molecule has 9 rings (SSSR count). The summed E-state index contributed by atoms with van der Waals surface area (Å²) < 4.78 is 0. The fraction of sp³-hybridized carbons (Fsp3) is 0.696. The predicted molar refractivity (Wildman–Crippen MR) is 446 cm³/mol. The molecule has 0 unspecified atom stereocenters. The number of carboxylic acids is 4. The van der Waals surface area contributed by atoms with E-state index in [1.54, 1.807) is 24.3 Å². The first-order valence-electron chi connectivity index (χ1n) is 44.6. The zero-order chi connectivity index (χ0) is 80.4. The molecular weight excluding hydrogens is 1420 g/mol. The van der Waals surface area contributed by atoms with E-state index >= 15 is 0 Å². The van der Waals surface area contributed by atoms with Crippen LogP contribution >= 0.6 is 0 Å². The van der Waals surface area contributed by atoms with Gasteiger partial charge in [-0.05, 0) is 101 Å². The number of hydrogen-bond acceptors (Lipinski definition) is 16. The first kappa shape index (κ1) is 88.3. The molecule has 5 aliphatic rings. The first-order chi connectivity index (χ1) is 54.2. The normalized spacial score (nSPS) is 20.4. The van der Waals surface area contributed by atoms with Gasteiger partial charge in [0.05, 0.1) is 0 Å². The molecule has 20 nitrogen and oxygen atoms in total. The van der Waals surface area contributed by atoms with Crippen molar-refractivity contribution in [1.82, 2.24) is 0 Å². The number of unbranched alkanes of at least 4 members (excludes halogenated alkanes) is 32. The van der Waals surface area contributed by atoms with E-state index in [1.807, 2.05) is 0 Å². The highest BCUT2D eigenvalue weighted by Gasteiger charge is 2.45. The lowest BCUT2D eigenvalue weighted by Crippen LogP contribution is -2.36. The van der Waals surface area contributed by atoms with Crippen LogP contribution in [0.5, 0.6) is 46.0 Å². The van der Waals surface area contributed by atoms with E-state index in [0.29, 0.717) is 77.0 Å². The Labute approximate surface area is 668 Å². The summed E-state index contributed by atoms with van der Waals surface area (Å²) in [5, 5.41) is 155. The molecule has 624 valence electrons. The summed E-state index contributed by atoms with van der Waals surface area (Å²) in [6, 6.07) is 1.99. The Hall–Kier alpha value is -7.64. The Morgan fingerprint density at radius 3 is 0.536 bits per heavy atom. The molecule has 1 aliphatic carbocycles. The summed E-state index contributed by atoms with van der Waals surface area (Å²) in [5.41, 5.74) is 0.842. The minimum absolute atomic E-state index is 0.111. The summed E-state index contributed by atoms with van der Waals surface area (Å²) in [6.07, 6.45) is 37.3. The number of carbonyl (C=O) groups is 4. The smallest absolute Gasteiger partial charge is 0.326 e. The number of aliphatic carboxylic acids is 4. The van der Waals surface area contributed by atoms with Crippen molar-refractivity contribution in [3.63, 3.8) is 0 Å². The SMILES string of the molecule is CCCCCCCCCCCC1c2cc(c(O)c(N3CCC[C@H]3C(=O)O)c2O)C(CCCCCCCCCCC)c2cc(c(O)c(N3CCC[C@H]3C(=O)O)c2O)C(CCCCCCCCCCC)c2cc(c(O)c(N3CCC[C@H]3C(=O)O)c2O)C(CCCCCCCCCCC)c2cc1c(O)c(N1CCC[C@H]1C(=O)O)c2O. The molecule has 4 atom stereocenters. The van der Waals surface area contributed by atoms with Crippen LogP contribution in [-0.2, 0) is 19.2 Å². The highest BCUT2D eigenvalue weighted by molar-refractivity contribution is 5.89. The van der Waals surface area contributed by atoms with Crippen molar-refractivity contribution < 1.29 is 80.5 Å². The molecule has 4 aromatic carbocycles. The van der Waals surface area contributed by atoms with Crippen LogP contribution in [-0.4, -0.2) is 136 Å². The van der Waals surface area contributed by atoms with Crippen molar-refractivity contribution in [1.29, 1.82) is 0 Å². The number of rotatable bonds is 48. The highest BCUT2D eigenvalue weighted by Crippen LogP contribution is 2.62. The summed E-state index contributed by atoms with van der Waals surface area (Å²) in [4.78, 5) is 60.9. The van der Waals surface area contributed by atoms with Crippen molar-refractivity contribution in [2.24, 2.45) is 0 Å². The van der Waals surface area contributed by atoms with Gasteiger partial charge in [-0.15, -0.1) is 0 Å². The number of aromatic hydroxyl groups is 8. The van der Waals surface area contributed by atoms with Gasteiger partial charge in [0.25, 0.3) is 0 Å². The molecule has 4 saturated heterocycles. The molecule has 4 aliphatic heterocycles. The van der Waals surface area contributed by atoms with E-state index < -0.39 is 118 Å². The van der Waals surface area contributed by atoms with Gasteiger partial charge >= 0.3 is 23.9 Å². The third-order valence-corrected chi connectivity index (χ3v) is 25.9. The van der Waals surface area contributed by atoms with Gasteiger partial charge in [-0.3, -0.25) is 0 Å². The fourth-order valence-electron chi connectivity index (χ4n) is 19.7. The standard InChI is InChI=1S/C92H140N4O16/c1-5-9-13-17-21-25-29-33-37-45-61-65-57-67(83(99)77(81(65)97)93-53-41-49-73(93)89(105)106)62(46-38-34-30-26-22-18-14-10-6-2)69-59-71(87(103)79(85(69)101)95-55-43-51-75(95)91(109)110)64(48-40-36-32-28-24-20-16-12-8-4)72-60-70(86(102)80(88(72)104)96-56-44-52-76(96)92(111)112)63(47-39-35-31-27-23-19-15-11-7-3)68-58-66(61)82(98)78(84(68)100)94-54-42-50-74(94)90(107)108/h57-64,73-76,97-104H,5-56H2,1-4H3,(H,105,106)(H,107,108)(H,109,110)(H,111,112)/t61?,62?,63?,64?,73-,74-,75-,76-/m0/s1. The average molecular weight is 1560 g/mol. The van der Waals surface area contributed by atoms with Crippen molar-refractivity contribution in [2.75, 3.05) is 45.8 Å². The fourth-order valence-corrected chi connectivity index (χ4v) is 19.7. The molecule has 112 heavy (non-hydrogen) atoms. The van der Waals surface area contributed by atoms with Crippen molar-refractivity contribution >= 4 is 46.6 Å². The Kier molecular flexibility index (Phi) is 34.9. The first-order valence-corrected chi connectivity index (χ1v) is 44.6. The van der Waals surface area contributed by atoms with Crippen LogP contribution < -0.4 is 19.6 Å². The van der Waals surface area contributed by atoms with Gasteiger partial charge in [0.15, 0.2) is 0 Å². The van der Waals surface area contributed by atoms with Gasteiger partial charge in [-0.25, -0.2) is 19.2 Å². The van der Waals surface area contributed by atoms with E-state index in [1.165, 1.54) is 19.6 Å². The molecule has 4 fully saturated rings. The van der Waals surface area contributed by atoms with E-state index in [4.69, 9.17) is 0 Å². The zero-order valence-electron chi connectivity index (χ0n) is 68.5. The lowest BCUT2D eigenvalue weighted by atomic mass is 9.75. The molecule has 12 N–H and O–H groups in total. The van der Waals surface area contributed by atoms with Gasteiger partial charge in [0, 0.05) is 94.4 Å². The lowest BCUT2D eigenvalue weighted by molar-refractivity contribution is -0.139. The lowest BCUT2D eigenvalue weighted by Gasteiger charge is -2.35. The van der Waals surface area contributed by atoms with Crippen LogP contribution in [0, 0.1) is 0 Å². The number of phenolic OH excluding ortho intramolecular Hbond substituents is 8. The number of fused-ring (bicyclic) bond motifs is 8. The van der Waals surface area contributed by atoms with Gasteiger partial charge in [-0.2, -0.15) is 0 Å². The summed E-state index contributed by atoms with van der Waals surface area (Å²) in [7, 11) is 0. The van der Waals surface area contributed by atoms with Crippen molar-refractivity contribution in [3.05, 3.63) is 68.8 Å². The zero-order valence-corrected chi connectivity index (χ0v) is 68.5. The molecule has 20 heteroatoms. The Morgan fingerprint density at radius 2 is 0.393 bits per heavy atom. The maximum absolute atomic E-state index is 13.8. The van der Waals surface area contributed by atoms with E-state index in [-0.39, 0.29) is 145 Å². The maximum Gasteiger partial charge on any atom is 0.326 e. The summed E-state index contributed by atoms with van der Waals surface area (Å²) in [5.74, 6) is -12.6. The van der Waals surface area contributed by atoms with Crippen molar-refractivity contribution in [2.45, 2.75) is 384 Å². The Balaban J connectivity index is 1.44. The number of phenols is 8. The average Bonchev–Trinajstić information content (AvgIpc) is 1.14. The van der Waals surface area contributed by atoms with Crippen LogP contribution in [0.3, 0.4) is 0 Å². The second kappa shape index (κ2) is 44.3. The molecule has 0 spiro atoms. The number of benzene rings is 4.